The van der Waals surface area contributed by atoms with Gasteiger partial charge >= 0.3 is 0 Å². The molecular weight excluding hydrogens is 308 g/mol. The maximum atomic E-state index is 12.7. The highest BCUT2D eigenvalue weighted by Crippen LogP contribution is 2.33. The van der Waals surface area contributed by atoms with E-state index in [0.29, 0.717) is 12.2 Å². The predicted octanol–water partition coefficient (Wildman–Crippen LogP) is 2.72. The lowest BCUT2D eigenvalue weighted by molar-refractivity contribution is 0.0746. The number of rotatable bonds is 3. The number of anilines is 1. The molecule has 120 valence electrons. The normalized spacial score (nSPS) is 17.8. The number of carbonyl (C=O) groups excluding carboxylic acids is 1. The van der Waals surface area contributed by atoms with Crippen LogP contribution in [-0.2, 0) is 6.54 Å². The van der Waals surface area contributed by atoms with Crippen LogP contribution in [0, 0.1) is 12.8 Å². The topological polar surface area (TPSA) is 49.3 Å². The van der Waals surface area contributed by atoms with Crippen LogP contribution in [0.2, 0.25) is 0 Å². The molecule has 0 bridgehead atoms. The molecule has 2 aromatic heterocycles. The molecule has 0 unspecified atom stereocenters. The zero-order valence-corrected chi connectivity index (χ0v) is 14.1. The van der Waals surface area contributed by atoms with Crippen LogP contribution in [0.15, 0.2) is 23.0 Å². The molecule has 1 aliphatic carbocycles. The number of carbonyl (C=O) groups is 1. The number of hydrogen-bond donors (Lipinski definition) is 0. The second-order valence-corrected chi connectivity index (χ2v) is 7.14. The highest BCUT2D eigenvalue weighted by atomic mass is 32.1. The van der Waals surface area contributed by atoms with E-state index in [1.54, 1.807) is 5.51 Å². The van der Waals surface area contributed by atoms with Crippen LogP contribution in [0.25, 0.3) is 0 Å². The summed E-state index contributed by atoms with van der Waals surface area (Å²) < 4.78 is 0. The summed E-state index contributed by atoms with van der Waals surface area (Å²) in [5, 5.41) is 1.82. The van der Waals surface area contributed by atoms with Gasteiger partial charge in [0.15, 0.2) is 0 Å². The molecule has 0 saturated heterocycles. The number of hydrogen-bond acceptors (Lipinski definition) is 5. The van der Waals surface area contributed by atoms with Crippen molar-refractivity contribution in [1.82, 2.24) is 14.9 Å². The lowest BCUT2D eigenvalue weighted by Crippen LogP contribution is -2.36. The van der Waals surface area contributed by atoms with Crippen molar-refractivity contribution in [3.8, 4) is 0 Å². The van der Waals surface area contributed by atoms with Crippen LogP contribution < -0.4 is 4.90 Å². The molecule has 23 heavy (non-hydrogen) atoms. The number of aryl methyl sites for hydroxylation is 1. The molecule has 2 aromatic rings. The third-order valence-corrected chi connectivity index (χ3v) is 5.10. The van der Waals surface area contributed by atoms with Gasteiger partial charge in [-0.05, 0) is 31.7 Å². The van der Waals surface area contributed by atoms with Crippen LogP contribution in [0.3, 0.4) is 0 Å². The summed E-state index contributed by atoms with van der Waals surface area (Å²) in [6.45, 7) is 5.26. The third kappa shape index (κ3) is 3.08. The molecule has 5 nitrogen and oxygen atoms in total. The smallest absolute Gasteiger partial charge is 0.273 e. The molecule has 0 spiro atoms. The number of amides is 1. The van der Waals surface area contributed by atoms with E-state index in [2.05, 4.69) is 16.0 Å². The summed E-state index contributed by atoms with van der Waals surface area (Å²) in [5.41, 5.74) is 4.43. The van der Waals surface area contributed by atoms with Gasteiger partial charge in [-0.15, -0.1) is 11.3 Å². The van der Waals surface area contributed by atoms with Crippen molar-refractivity contribution >= 4 is 23.1 Å². The first-order valence-corrected chi connectivity index (χ1v) is 9.04. The molecule has 3 heterocycles. The van der Waals surface area contributed by atoms with Crippen LogP contribution >= 0.6 is 11.3 Å². The van der Waals surface area contributed by atoms with Crippen LogP contribution in [0.4, 0.5) is 5.82 Å². The summed E-state index contributed by atoms with van der Waals surface area (Å²) >= 11 is 1.46. The summed E-state index contributed by atoms with van der Waals surface area (Å²) in [6, 6.07) is 4.15. The van der Waals surface area contributed by atoms with E-state index in [9.17, 15) is 4.79 Å². The van der Waals surface area contributed by atoms with E-state index in [0.717, 1.165) is 42.6 Å². The first-order chi connectivity index (χ1) is 11.2. The summed E-state index contributed by atoms with van der Waals surface area (Å²) in [7, 11) is 0. The van der Waals surface area contributed by atoms with Gasteiger partial charge in [-0.2, -0.15) is 0 Å². The average Bonchev–Trinajstić information content (AvgIpc) is 3.24. The minimum Gasteiger partial charge on any atom is -0.354 e. The fraction of sp³-hybridized carbons (Fsp3) is 0.471. The Morgan fingerprint density at radius 3 is 2.96 bits per heavy atom. The van der Waals surface area contributed by atoms with Crippen molar-refractivity contribution in [2.45, 2.75) is 26.3 Å². The van der Waals surface area contributed by atoms with Gasteiger partial charge in [0.25, 0.3) is 5.91 Å². The van der Waals surface area contributed by atoms with E-state index in [1.807, 2.05) is 23.3 Å². The van der Waals surface area contributed by atoms with E-state index in [-0.39, 0.29) is 5.91 Å². The molecule has 6 heteroatoms. The van der Waals surface area contributed by atoms with E-state index in [1.165, 1.54) is 24.2 Å². The van der Waals surface area contributed by atoms with Crippen LogP contribution in [0.1, 0.15) is 34.6 Å². The number of fused-ring (bicyclic) bond motifs is 1. The lowest BCUT2D eigenvalue weighted by Gasteiger charge is -2.24. The Morgan fingerprint density at radius 2 is 2.22 bits per heavy atom. The number of pyridine rings is 1. The SMILES string of the molecule is Cc1ccc2c(n1)N(CC1CC1)CCN(C(=O)c1cscn1)C2. The summed E-state index contributed by atoms with van der Waals surface area (Å²) in [5.74, 6) is 1.88. The minimum atomic E-state index is 0.0195. The Bertz CT molecular complexity index is 711. The lowest BCUT2D eigenvalue weighted by atomic mass is 10.2. The molecule has 0 atom stereocenters. The molecule has 2 aliphatic rings. The Hall–Kier alpha value is -1.95. The molecule has 0 N–H and O–H groups in total. The molecular formula is C17H20N4OS. The van der Waals surface area contributed by atoms with Gasteiger partial charge in [-0.1, -0.05) is 6.07 Å². The fourth-order valence-electron chi connectivity index (χ4n) is 3.04. The van der Waals surface area contributed by atoms with E-state index < -0.39 is 0 Å². The van der Waals surface area contributed by atoms with Crippen molar-refractivity contribution in [3.63, 3.8) is 0 Å². The van der Waals surface area contributed by atoms with Gasteiger partial charge in [0.05, 0.1) is 5.51 Å². The first-order valence-electron chi connectivity index (χ1n) is 8.09. The van der Waals surface area contributed by atoms with E-state index in [4.69, 9.17) is 4.98 Å². The Morgan fingerprint density at radius 1 is 1.35 bits per heavy atom. The van der Waals surface area contributed by atoms with Gasteiger partial charge in [0.1, 0.15) is 11.5 Å². The maximum absolute atomic E-state index is 12.7. The van der Waals surface area contributed by atoms with Crippen molar-refractivity contribution < 1.29 is 4.79 Å². The number of aromatic nitrogens is 2. The summed E-state index contributed by atoms with van der Waals surface area (Å²) in [6.07, 6.45) is 2.64. The van der Waals surface area contributed by atoms with Gasteiger partial charge in [-0.3, -0.25) is 4.79 Å². The molecule has 0 radical (unpaired) electrons. The average molecular weight is 328 g/mol. The number of nitrogens with zero attached hydrogens (tertiary/aromatic N) is 4. The molecule has 0 aromatic carbocycles. The van der Waals surface area contributed by atoms with Crippen LogP contribution in [-0.4, -0.2) is 40.4 Å². The van der Waals surface area contributed by atoms with E-state index >= 15 is 0 Å². The molecule has 1 fully saturated rings. The van der Waals surface area contributed by atoms with Gasteiger partial charge < -0.3 is 9.80 Å². The molecule has 1 saturated carbocycles. The maximum Gasteiger partial charge on any atom is 0.273 e. The Kier molecular flexibility index (Phi) is 3.77. The van der Waals surface area contributed by atoms with Crippen LogP contribution in [0.5, 0.6) is 0 Å². The van der Waals surface area contributed by atoms with Crippen molar-refractivity contribution in [2.24, 2.45) is 5.92 Å². The van der Waals surface area contributed by atoms with Gasteiger partial charge in [0.2, 0.25) is 0 Å². The fourth-order valence-corrected chi connectivity index (χ4v) is 3.57. The van der Waals surface area contributed by atoms with Gasteiger partial charge in [0, 0.05) is 42.8 Å². The largest absolute Gasteiger partial charge is 0.354 e. The second kappa shape index (κ2) is 5.92. The van der Waals surface area contributed by atoms with Crippen molar-refractivity contribution in [1.29, 1.82) is 0 Å². The molecule has 4 rings (SSSR count). The highest BCUT2D eigenvalue weighted by Gasteiger charge is 2.30. The number of thiazole rings is 1. The molecule has 1 amide bonds. The quantitative estimate of drug-likeness (QED) is 0.869. The zero-order chi connectivity index (χ0) is 15.8. The third-order valence-electron chi connectivity index (χ3n) is 4.51. The highest BCUT2D eigenvalue weighted by molar-refractivity contribution is 7.07. The molecule has 1 aliphatic heterocycles. The second-order valence-electron chi connectivity index (χ2n) is 6.43. The minimum absolute atomic E-state index is 0.0195. The van der Waals surface area contributed by atoms with Crippen molar-refractivity contribution in [2.75, 3.05) is 24.5 Å². The van der Waals surface area contributed by atoms with Crippen molar-refractivity contribution in [3.05, 3.63) is 40.0 Å². The first kappa shape index (κ1) is 14.6. The standard InChI is InChI=1S/C17H20N4OS/c1-12-2-5-14-9-21(17(22)15-10-23-11-18-15)7-6-20(16(14)19-12)8-13-3-4-13/h2,5,10-11,13H,3-4,6-9H2,1H3. The predicted molar refractivity (Wildman–Crippen MR) is 90.8 cm³/mol. The zero-order valence-electron chi connectivity index (χ0n) is 13.2. The Balaban J connectivity index is 1.62. The Labute approximate surface area is 140 Å². The monoisotopic (exact) mass is 328 g/mol. The summed E-state index contributed by atoms with van der Waals surface area (Å²) in [4.78, 5) is 25.9. The van der Waals surface area contributed by atoms with Gasteiger partial charge in [-0.25, -0.2) is 9.97 Å².